The van der Waals surface area contributed by atoms with Crippen molar-refractivity contribution >= 4 is 18.0 Å². The molecule has 2 bridgehead atoms. The first-order valence-corrected chi connectivity index (χ1v) is 9.10. The van der Waals surface area contributed by atoms with Crippen LogP contribution in [0.3, 0.4) is 0 Å². The lowest BCUT2D eigenvalue weighted by Crippen LogP contribution is -2.37. The third-order valence-electron chi connectivity index (χ3n) is 4.88. The molecule has 2 aliphatic heterocycles. The molecule has 0 radical (unpaired) electrons. The van der Waals surface area contributed by atoms with Crippen molar-refractivity contribution in [3.05, 3.63) is 59.6 Å². The Bertz CT molecular complexity index is 1050. The maximum Gasteiger partial charge on any atom is 0.218 e. The van der Waals surface area contributed by atoms with E-state index in [0.717, 1.165) is 11.3 Å². The number of nitrogens with zero attached hydrogens (tertiary/aromatic N) is 4. The molecular formula is C19H16N4O3S. The molecule has 2 fully saturated rings. The number of aromatic nitrogens is 4. The first-order chi connectivity index (χ1) is 13.2. The number of para-hydroxylation sites is 1. The van der Waals surface area contributed by atoms with Gasteiger partial charge >= 0.3 is 0 Å². The zero-order valence-electron chi connectivity index (χ0n) is 14.3. The minimum absolute atomic E-state index is 0.0737. The van der Waals surface area contributed by atoms with Crippen LogP contribution in [0.15, 0.2) is 54.9 Å². The van der Waals surface area contributed by atoms with Gasteiger partial charge in [0.1, 0.15) is 6.10 Å². The second-order valence-electron chi connectivity index (χ2n) is 6.54. The van der Waals surface area contributed by atoms with Crippen LogP contribution in [0.1, 0.15) is 12.5 Å². The molecular weight excluding hydrogens is 364 g/mol. The molecule has 0 N–H and O–H groups in total. The average Bonchev–Trinajstić information content (AvgIpc) is 3.29. The van der Waals surface area contributed by atoms with E-state index in [1.54, 1.807) is 17.1 Å². The average molecular weight is 380 g/mol. The maximum atomic E-state index is 12.2. The van der Waals surface area contributed by atoms with Gasteiger partial charge < -0.3 is 9.47 Å². The molecule has 136 valence electrons. The van der Waals surface area contributed by atoms with Crippen LogP contribution < -0.4 is 0 Å². The van der Waals surface area contributed by atoms with Gasteiger partial charge in [-0.15, -0.1) is 0 Å². The summed E-state index contributed by atoms with van der Waals surface area (Å²) in [6.45, 7) is 0.367. The van der Waals surface area contributed by atoms with E-state index >= 15 is 0 Å². The third-order valence-corrected chi connectivity index (χ3v) is 5.25. The predicted octanol–water partition coefficient (Wildman–Crippen LogP) is 2.72. The van der Waals surface area contributed by atoms with Crippen LogP contribution in [-0.4, -0.2) is 44.1 Å². The molecule has 3 atom stereocenters. The number of hydrogen-bond donors (Lipinski definition) is 0. The van der Waals surface area contributed by atoms with E-state index in [1.165, 1.54) is 0 Å². The Labute approximate surface area is 160 Å². The zero-order valence-corrected chi connectivity index (χ0v) is 15.1. The minimum Gasteiger partial charge on any atom is -0.343 e. The number of Topliss-reactive ketones (excluding diaryl/α,β-unsaturated/α-hetero) is 1. The molecule has 0 aliphatic carbocycles. The summed E-state index contributed by atoms with van der Waals surface area (Å²) in [6.07, 6.45) is 2.76. The monoisotopic (exact) mass is 380 g/mol. The number of hydrogen-bond acceptors (Lipinski definition) is 6. The fourth-order valence-corrected chi connectivity index (χ4v) is 3.93. The molecule has 5 rings (SSSR count). The number of fused-ring (bicyclic) bond motifs is 2. The maximum absolute atomic E-state index is 12.2. The first kappa shape index (κ1) is 16.5. The van der Waals surface area contributed by atoms with Gasteiger partial charge in [0.15, 0.2) is 11.6 Å². The quantitative estimate of drug-likeness (QED) is 0.651. The molecule has 7 nitrogen and oxygen atoms in total. The zero-order chi connectivity index (χ0) is 18.4. The lowest BCUT2D eigenvalue weighted by atomic mass is 10.0. The molecule has 1 aromatic carbocycles. The molecule has 0 spiro atoms. The first-order valence-electron chi connectivity index (χ1n) is 8.69. The summed E-state index contributed by atoms with van der Waals surface area (Å²) in [5.74, 6) is 0.623. The highest BCUT2D eigenvalue weighted by Crippen LogP contribution is 2.34. The van der Waals surface area contributed by atoms with E-state index in [2.05, 4.69) is 4.98 Å². The lowest BCUT2D eigenvalue weighted by molar-refractivity contribution is -0.156. The van der Waals surface area contributed by atoms with Gasteiger partial charge in [0.05, 0.1) is 12.6 Å². The van der Waals surface area contributed by atoms with Gasteiger partial charge in [-0.2, -0.15) is 5.10 Å². The summed E-state index contributed by atoms with van der Waals surface area (Å²) in [7, 11) is 0. The second kappa shape index (κ2) is 6.49. The van der Waals surface area contributed by atoms with E-state index in [-0.39, 0.29) is 17.9 Å². The normalized spacial score (nSPS) is 24.3. The number of benzene rings is 1. The summed E-state index contributed by atoms with van der Waals surface area (Å²) in [5.41, 5.74) is 1.80. The Morgan fingerprint density at radius 2 is 1.89 bits per heavy atom. The number of pyridine rings is 1. The fraction of sp³-hybridized carbons (Fsp3) is 0.263. The number of carbonyl (C=O) groups excluding carboxylic acids is 1. The van der Waals surface area contributed by atoms with Crippen LogP contribution in [0.5, 0.6) is 0 Å². The summed E-state index contributed by atoms with van der Waals surface area (Å²) in [6, 6.07) is 13.3. The standard InChI is InChI=1S/C19H16N4O3S/c24-15-10-14(16-11-25-18(15)26-16)23-19(27)22(13-4-2-1-3-5-13)17(21-23)12-6-8-20-9-7-12/h1-9,14,16,18H,10-11H2/t14-,16+,18-/m0/s1. The highest BCUT2D eigenvalue weighted by Gasteiger charge is 2.45. The molecule has 4 heterocycles. The van der Waals surface area contributed by atoms with Crippen molar-refractivity contribution in [1.29, 1.82) is 0 Å². The molecule has 2 aliphatic rings. The van der Waals surface area contributed by atoms with Crippen molar-refractivity contribution in [2.75, 3.05) is 6.61 Å². The van der Waals surface area contributed by atoms with Crippen LogP contribution in [0.2, 0.25) is 0 Å². The Hall–Kier alpha value is -2.68. The van der Waals surface area contributed by atoms with Gasteiger partial charge in [-0.25, -0.2) is 4.68 Å². The summed E-state index contributed by atoms with van der Waals surface area (Å²) in [4.78, 5) is 16.3. The van der Waals surface area contributed by atoms with E-state index in [4.69, 9.17) is 26.8 Å². The van der Waals surface area contributed by atoms with Crippen molar-refractivity contribution < 1.29 is 14.3 Å². The van der Waals surface area contributed by atoms with Crippen LogP contribution >= 0.6 is 12.2 Å². The van der Waals surface area contributed by atoms with Crippen LogP contribution in [0.4, 0.5) is 0 Å². The van der Waals surface area contributed by atoms with E-state index in [0.29, 0.717) is 23.6 Å². The van der Waals surface area contributed by atoms with Gasteiger partial charge in [0.25, 0.3) is 0 Å². The summed E-state index contributed by atoms with van der Waals surface area (Å²) >= 11 is 5.77. The summed E-state index contributed by atoms with van der Waals surface area (Å²) < 4.78 is 15.3. The van der Waals surface area contributed by atoms with Crippen LogP contribution in [0.25, 0.3) is 17.1 Å². The number of ketones is 1. The third kappa shape index (κ3) is 2.73. The minimum atomic E-state index is -0.740. The lowest BCUT2D eigenvalue weighted by Gasteiger charge is -2.26. The van der Waals surface area contributed by atoms with Gasteiger partial charge in [-0.1, -0.05) is 18.2 Å². The molecule has 0 unspecified atom stereocenters. The fourth-order valence-electron chi connectivity index (χ4n) is 3.56. The Balaban J connectivity index is 1.69. The van der Waals surface area contributed by atoms with Crippen molar-refractivity contribution in [2.45, 2.75) is 24.9 Å². The van der Waals surface area contributed by atoms with Gasteiger partial charge in [-0.05, 0) is 36.5 Å². The molecule has 27 heavy (non-hydrogen) atoms. The largest absolute Gasteiger partial charge is 0.343 e. The smallest absolute Gasteiger partial charge is 0.218 e. The molecule has 2 saturated heterocycles. The Kier molecular flexibility index (Phi) is 3.96. The highest BCUT2D eigenvalue weighted by molar-refractivity contribution is 7.71. The second-order valence-corrected chi connectivity index (χ2v) is 6.90. The van der Waals surface area contributed by atoms with E-state index in [9.17, 15) is 4.79 Å². The molecule has 3 aromatic rings. The van der Waals surface area contributed by atoms with Crippen LogP contribution in [-0.2, 0) is 14.3 Å². The summed E-state index contributed by atoms with van der Waals surface area (Å²) in [5, 5.41) is 4.79. The van der Waals surface area contributed by atoms with Crippen molar-refractivity contribution in [3.63, 3.8) is 0 Å². The topological polar surface area (TPSA) is 71.2 Å². The Morgan fingerprint density at radius 1 is 1.11 bits per heavy atom. The number of ether oxygens (including phenoxy) is 2. The molecule has 2 aromatic heterocycles. The molecule has 0 saturated carbocycles. The Morgan fingerprint density at radius 3 is 2.67 bits per heavy atom. The van der Waals surface area contributed by atoms with Gasteiger partial charge in [0, 0.05) is 30.1 Å². The van der Waals surface area contributed by atoms with Gasteiger partial charge in [0.2, 0.25) is 11.1 Å². The van der Waals surface area contributed by atoms with Crippen molar-refractivity contribution in [2.24, 2.45) is 0 Å². The number of rotatable bonds is 3. The predicted molar refractivity (Wildman–Crippen MR) is 98.9 cm³/mol. The van der Waals surface area contributed by atoms with E-state index in [1.807, 2.05) is 47.0 Å². The SMILES string of the molecule is O=C1C[C@H](n2nc(-c3ccncc3)n(-c3ccccc3)c2=S)[C@H]2CO[C@H]1O2. The molecule has 0 amide bonds. The van der Waals surface area contributed by atoms with Crippen LogP contribution in [0, 0.1) is 4.77 Å². The molecule has 8 heteroatoms. The van der Waals surface area contributed by atoms with Gasteiger partial charge in [-0.3, -0.25) is 14.3 Å². The van der Waals surface area contributed by atoms with Crippen molar-refractivity contribution in [1.82, 2.24) is 19.3 Å². The van der Waals surface area contributed by atoms with E-state index < -0.39 is 6.29 Å². The number of carbonyl (C=O) groups is 1. The van der Waals surface area contributed by atoms with Crippen molar-refractivity contribution in [3.8, 4) is 17.1 Å². The highest BCUT2D eigenvalue weighted by atomic mass is 32.1.